The Morgan fingerprint density at radius 3 is 2.40 bits per heavy atom. The van der Waals surface area contributed by atoms with Gasteiger partial charge < -0.3 is 44.1 Å². The molecule has 0 spiro atoms. The Morgan fingerprint density at radius 2 is 1.69 bits per heavy atom. The van der Waals surface area contributed by atoms with Crippen LogP contribution in [0.5, 0.6) is 23.0 Å². The molecule has 2 saturated heterocycles. The quantitative estimate of drug-likeness (QED) is 0.0636. The number of ether oxygens (including phenoxy) is 5. The summed E-state index contributed by atoms with van der Waals surface area (Å²) in [4.78, 5) is 37.3. The van der Waals surface area contributed by atoms with Crippen LogP contribution in [-0.4, -0.2) is 108 Å². The molecule has 3 aromatic carbocycles. The molecule has 7 rings (SSSR count). The van der Waals surface area contributed by atoms with Gasteiger partial charge in [0.05, 0.1) is 56.5 Å². The fourth-order valence-corrected chi connectivity index (χ4v) is 8.37. The second-order valence-corrected chi connectivity index (χ2v) is 16.3. The zero-order chi connectivity index (χ0) is 40.9. The summed E-state index contributed by atoms with van der Waals surface area (Å²) in [5.41, 5.74) is 4.55. The Hall–Kier alpha value is -4.58. The topological polar surface area (TPSA) is 155 Å². The lowest BCUT2D eigenvalue weighted by atomic mass is 10.1. The number of hydrogen-bond donors (Lipinski definition) is 3. The van der Waals surface area contributed by atoms with Crippen LogP contribution in [-0.2, 0) is 11.3 Å². The Labute approximate surface area is 352 Å². The first kappa shape index (κ1) is 41.6. The molecule has 0 aromatic heterocycles. The van der Waals surface area contributed by atoms with E-state index in [1.807, 2.05) is 48.4 Å². The smallest absolute Gasteiger partial charge is 0.416 e. The van der Waals surface area contributed by atoms with E-state index < -0.39 is 24.6 Å². The van der Waals surface area contributed by atoms with Crippen molar-refractivity contribution in [2.75, 3.05) is 61.7 Å². The number of rotatable bonds is 15. The Morgan fingerprint density at radius 1 is 0.983 bits per heavy atom. The molecule has 3 aromatic rings. The van der Waals surface area contributed by atoms with Crippen LogP contribution in [0.15, 0.2) is 65.7 Å². The first-order valence-electron chi connectivity index (χ1n) is 19.8. The predicted molar refractivity (Wildman–Crippen MR) is 229 cm³/mol. The number of unbranched alkanes of at least 4 members (excludes halogenated alkanes) is 2. The van der Waals surface area contributed by atoms with Crippen molar-refractivity contribution < 1.29 is 43.5 Å². The van der Waals surface area contributed by atoms with Crippen molar-refractivity contribution in [3.05, 3.63) is 77.4 Å². The summed E-state index contributed by atoms with van der Waals surface area (Å²) in [6, 6.07) is 13.8. The number of benzene rings is 3. The van der Waals surface area contributed by atoms with Gasteiger partial charge in [0.15, 0.2) is 29.2 Å². The van der Waals surface area contributed by atoms with Crippen LogP contribution in [0, 0.1) is 5.92 Å². The molecule has 5 atom stereocenters. The zero-order valence-corrected chi connectivity index (χ0v) is 35.4. The molecule has 3 unspecified atom stereocenters. The monoisotopic (exact) mass is 909 g/mol. The maximum Gasteiger partial charge on any atom is 0.416 e. The fraction of sp³-hybridized carbons (Fsp3) is 0.465. The van der Waals surface area contributed by atoms with Gasteiger partial charge in [-0.1, -0.05) is 53.8 Å². The molecule has 0 aliphatic carbocycles. The second kappa shape index (κ2) is 18.6. The summed E-state index contributed by atoms with van der Waals surface area (Å²) in [5, 5.41) is 26.2. The van der Waals surface area contributed by atoms with Gasteiger partial charge in [0.25, 0.3) is 5.91 Å². The van der Waals surface area contributed by atoms with Crippen molar-refractivity contribution in [1.29, 1.82) is 0 Å². The largest absolute Gasteiger partial charge is 0.493 e. The van der Waals surface area contributed by atoms with E-state index >= 15 is 0 Å². The highest BCUT2D eigenvalue weighted by molar-refractivity contribution is 14.1. The third-order valence-electron chi connectivity index (χ3n) is 11.1. The number of aliphatic hydroxyl groups is 2. The number of anilines is 2. The van der Waals surface area contributed by atoms with Crippen LogP contribution in [0.25, 0.3) is 0 Å². The zero-order valence-electron chi connectivity index (χ0n) is 33.2. The molecule has 0 bridgehead atoms. The molecule has 15 heteroatoms. The number of nitrogens with one attached hydrogen (secondary N) is 1. The minimum absolute atomic E-state index is 0.00339. The van der Waals surface area contributed by atoms with Crippen molar-refractivity contribution in [3.63, 3.8) is 0 Å². The minimum Gasteiger partial charge on any atom is -0.493 e. The number of amides is 2. The number of aliphatic hydroxyl groups excluding tert-OH is 2. The number of fused-ring (bicyclic) bond motifs is 4. The number of carbonyl (C=O) groups excluding carboxylic acids is 2. The van der Waals surface area contributed by atoms with Crippen molar-refractivity contribution in [2.45, 2.75) is 70.2 Å². The third kappa shape index (κ3) is 8.87. The maximum absolute atomic E-state index is 14.0. The number of aliphatic imine (C=N–C) groups is 1. The lowest BCUT2D eigenvalue weighted by Crippen LogP contribution is -2.50. The van der Waals surface area contributed by atoms with E-state index in [4.69, 9.17) is 23.7 Å². The molecule has 0 radical (unpaired) electrons. The van der Waals surface area contributed by atoms with Gasteiger partial charge in [-0.2, -0.15) is 0 Å². The molecule has 3 N–H and O–H groups in total. The highest BCUT2D eigenvalue weighted by Gasteiger charge is 2.47. The first-order valence-corrected chi connectivity index (χ1v) is 21.3. The molecule has 0 saturated carbocycles. The highest BCUT2D eigenvalue weighted by atomic mass is 127. The number of carbonyl (C=O) groups is 2. The molecule has 58 heavy (non-hydrogen) atoms. The van der Waals surface area contributed by atoms with Crippen LogP contribution < -0.4 is 29.2 Å². The summed E-state index contributed by atoms with van der Waals surface area (Å²) in [7, 11) is 3.07. The van der Waals surface area contributed by atoms with Crippen molar-refractivity contribution >= 4 is 57.9 Å². The van der Waals surface area contributed by atoms with Gasteiger partial charge in [0, 0.05) is 53.7 Å². The summed E-state index contributed by atoms with van der Waals surface area (Å²) in [6.45, 7) is 8.75. The molecule has 4 aliphatic heterocycles. The summed E-state index contributed by atoms with van der Waals surface area (Å²) < 4.78 is 30.4. The lowest BCUT2D eigenvalue weighted by molar-refractivity contribution is 0.0112. The van der Waals surface area contributed by atoms with E-state index in [1.54, 1.807) is 30.2 Å². The molecule has 14 nitrogen and oxygen atoms in total. The number of halogens is 1. The van der Waals surface area contributed by atoms with E-state index in [9.17, 15) is 19.8 Å². The van der Waals surface area contributed by atoms with E-state index in [2.05, 4.69) is 39.5 Å². The van der Waals surface area contributed by atoms with Crippen LogP contribution in [0.2, 0.25) is 0 Å². The fourth-order valence-electron chi connectivity index (χ4n) is 8.10. The van der Waals surface area contributed by atoms with Crippen molar-refractivity contribution in [2.24, 2.45) is 10.9 Å². The standard InChI is InChI=1S/C43H52IN5O9/c1-26-16-30-22-46-33-20-38(36(54-3)18-31(33)40(50)47(30)23-26)56-14-6-5-7-15-57-39-21-34-32(19-37(39)55-4)41(51)48-24-27(2)17-35(48)42(52)49(34)43(53)58-25-28-8-10-29(11-9-28)45-13-12-44/h8-11,18-22,27,30,35,40,42,45,50,52H,1,5-7,12-17,23-25H2,2-4H3/t27?,30?,35-,40?,42-/m0/s1. The summed E-state index contributed by atoms with van der Waals surface area (Å²) in [6.07, 6.45) is 2.41. The molecular weight excluding hydrogens is 857 g/mol. The van der Waals surface area contributed by atoms with E-state index in [-0.39, 0.29) is 35.7 Å². The number of methoxy groups -OCH3 is 2. The van der Waals surface area contributed by atoms with Crippen LogP contribution >= 0.6 is 22.6 Å². The maximum atomic E-state index is 14.0. The van der Waals surface area contributed by atoms with E-state index in [0.29, 0.717) is 73.4 Å². The number of alkyl halides is 1. The van der Waals surface area contributed by atoms with Gasteiger partial charge in [-0.15, -0.1) is 0 Å². The normalized spacial score (nSPS) is 22.3. The van der Waals surface area contributed by atoms with Crippen LogP contribution in [0.4, 0.5) is 21.9 Å². The SMILES string of the molecule is C=C1CC2C=Nc3cc(OCCCCCOc4cc5c(cc4OC)C(=O)N4CC(C)C[C@H]4[C@H](O)N5C(=O)OCc4ccc(NCCI)cc4)c(OC)cc3C(O)N2C1. The average Bonchev–Trinajstić information content (AvgIpc) is 3.77. The van der Waals surface area contributed by atoms with Crippen molar-refractivity contribution in [1.82, 2.24) is 9.80 Å². The molecular formula is C43H52IN5O9. The van der Waals surface area contributed by atoms with Gasteiger partial charge in [-0.25, -0.2) is 9.69 Å². The molecule has 2 amide bonds. The second-order valence-electron chi connectivity index (χ2n) is 15.2. The first-order chi connectivity index (χ1) is 28.1. The number of hydrogen-bond acceptors (Lipinski definition) is 12. The van der Waals surface area contributed by atoms with Gasteiger partial charge in [0.2, 0.25) is 0 Å². The Bertz CT molecular complexity index is 2010. The van der Waals surface area contributed by atoms with E-state index in [1.165, 1.54) is 12.0 Å². The lowest BCUT2D eigenvalue weighted by Gasteiger charge is -2.31. The van der Waals surface area contributed by atoms with Crippen molar-refractivity contribution in [3.8, 4) is 23.0 Å². The highest BCUT2D eigenvalue weighted by Crippen LogP contribution is 2.44. The third-order valence-corrected chi connectivity index (χ3v) is 11.6. The minimum atomic E-state index is -1.34. The Balaban J connectivity index is 0.993. The molecule has 2 fully saturated rings. The van der Waals surface area contributed by atoms with Gasteiger partial charge >= 0.3 is 6.09 Å². The Kier molecular flexibility index (Phi) is 13.3. The average molecular weight is 910 g/mol. The van der Waals surface area contributed by atoms with Gasteiger partial charge in [0.1, 0.15) is 12.8 Å². The number of nitrogens with zero attached hydrogens (tertiary/aromatic N) is 4. The molecule has 310 valence electrons. The summed E-state index contributed by atoms with van der Waals surface area (Å²) >= 11 is 2.31. The molecule has 4 heterocycles. The van der Waals surface area contributed by atoms with Crippen LogP contribution in [0.3, 0.4) is 0 Å². The predicted octanol–water partition coefficient (Wildman–Crippen LogP) is 6.84. The van der Waals surface area contributed by atoms with E-state index in [0.717, 1.165) is 47.1 Å². The summed E-state index contributed by atoms with van der Waals surface area (Å²) in [5.74, 6) is 1.60. The van der Waals surface area contributed by atoms with Gasteiger partial charge in [-0.3, -0.25) is 14.7 Å². The van der Waals surface area contributed by atoms with Crippen LogP contribution in [0.1, 0.15) is 66.7 Å². The van der Waals surface area contributed by atoms with Gasteiger partial charge in [-0.05, 0) is 67.9 Å². The molecule has 4 aliphatic rings.